The first-order chi connectivity index (χ1) is 15.1. The molecule has 0 heterocycles. The number of benzene rings is 2. The Kier molecular flexibility index (Phi) is 17.4. The van der Waals surface area contributed by atoms with E-state index in [1.54, 1.807) is 0 Å². The minimum atomic E-state index is -3.18. The van der Waals surface area contributed by atoms with Gasteiger partial charge in [0.15, 0.2) is 0 Å². The number of unbranched alkanes of at least 4 members (excludes halogenated alkanes) is 8. The van der Waals surface area contributed by atoms with Crippen molar-refractivity contribution in [2.75, 3.05) is 0 Å². The molecule has 32 heavy (non-hydrogen) atoms. The monoisotopic (exact) mass is 618 g/mol. The van der Waals surface area contributed by atoms with Crippen LogP contribution in [0.5, 0.6) is 5.75 Å². The third kappa shape index (κ3) is 12.4. The van der Waals surface area contributed by atoms with Crippen molar-refractivity contribution in [2.24, 2.45) is 0 Å². The summed E-state index contributed by atoms with van der Waals surface area (Å²) in [7, 11) is 0. The topological polar surface area (TPSA) is 26.3 Å². The summed E-state index contributed by atoms with van der Waals surface area (Å²) in [4.78, 5) is 1.02. The van der Waals surface area contributed by atoms with E-state index in [4.69, 9.17) is 4.52 Å². The van der Waals surface area contributed by atoms with Gasteiger partial charge in [0, 0.05) is 4.90 Å². The van der Waals surface area contributed by atoms with Crippen molar-refractivity contribution in [1.82, 2.24) is 0 Å². The van der Waals surface area contributed by atoms with Crippen LogP contribution in [0.25, 0.3) is 0 Å². The summed E-state index contributed by atoms with van der Waals surface area (Å²) in [5, 5.41) is 0. The molecule has 0 saturated carbocycles. The molecular weight excluding hydrogens is 577 g/mol. The zero-order valence-corrected chi connectivity index (χ0v) is 21.8. The van der Waals surface area contributed by atoms with Gasteiger partial charge < -0.3 is 4.52 Å². The Hall–Kier alpha value is 0.741. The van der Waals surface area contributed by atoms with Gasteiger partial charge in [0.25, 0.3) is 0 Å². The third-order valence-corrected chi connectivity index (χ3v) is 9.21. The van der Waals surface area contributed by atoms with Crippen LogP contribution in [0.15, 0.2) is 53.4 Å². The first kappa shape index (κ1) is 30.8. The molecule has 2 aromatic rings. The summed E-state index contributed by atoms with van der Waals surface area (Å²) in [5.41, 5.74) is 2.36. The SMILES string of the molecule is CCCCCCCc1ccccc1OP(=O)(S)Sc1ccccc1CCCCCCC.[BaH2]. The summed E-state index contributed by atoms with van der Waals surface area (Å²) in [6.45, 7) is 4.47. The third-order valence-electron chi connectivity index (χ3n) is 5.47. The summed E-state index contributed by atoms with van der Waals surface area (Å²) < 4.78 is 19.3. The molecule has 0 spiro atoms. The molecule has 6 heteroatoms. The number of para-hydroxylation sites is 1. The fraction of sp³-hybridized carbons (Fsp3) is 0.538. The van der Waals surface area contributed by atoms with Crippen molar-refractivity contribution in [3.05, 3.63) is 59.7 Å². The molecule has 2 rings (SSSR count). The van der Waals surface area contributed by atoms with Crippen LogP contribution in [0.3, 0.4) is 0 Å². The molecule has 0 bridgehead atoms. The van der Waals surface area contributed by atoms with Crippen molar-refractivity contribution in [3.8, 4) is 5.75 Å². The van der Waals surface area contributed by atoms with Crippen LogP contribution in [0.4, 0.5) is 0 Å². The maximum atomic E-state index is 13.3. The molecule has 0 saturated heterocycles. The zero-order chi connectivity index (χ0) is 22.4. The van der Waals surface area contributed by atoms with Gasteiger partial charge in [0.05, 0.1) is 0 Å². The Bertz CT molecular complexity index is 752. The summed E-state index contributed by atoms with van der Waals surface area (Å²) in [6, 6.07) is 16.2. The molecule has 0 aliphatic heterocycles. The van der Waals surface area contributed by atoms with Crippen LogP contribution in [-0.2, 0) is 17.4 Å². The number of rotatable bonds is 16. The van der Waals surface area contributed by atoms with Gasteiger partial charge in [0.2, 0.25) is 0 Å². The first-order valence-electron chi connectivity index (χ1n) is 11.9. The molecule has 2 nitrogen and oxygen atoms in total. The first-order valence-corrected chi connectivity index (χ1v) is 16.1. The van der Waals surface area contributed by atoms with E-state index in [9.17, 15) is 4.57 Å². The predicted octanol–water partition coefficient (Wildman–Crippen LogP) is 9.01. The van der Waals surface area contributed by atoms with Crippen molar-refractivity contribution in [3.63, 3.8) is 0 Å². The molecule has 0 N–H and O–H groups in total. The van der Waals surface area contributed by atoms with Gasteiger partial charge in [-0.15, -0.1) is 0 Å². The van der Waals surface area contributed by atoms with Crippen LogP contribution in [-0.4, -0.2) is 48.9 Å². The van der Waals surface area contributed by atoms with E-state index in [1.807, 2.05) is 30.3 Å². The molecule has 0 amide bonds. The molecule has 1 atom stereocenters. The van der Waals surface area contributed by atoms with Crippen molar-refractivity contribution in [2.45, 2.75) is 95.8 Å². The molecule has 1 unspecified atom stereocenters. The second-order valence-electron chi connectivity index (χ2n) is 8.20. The summed E-state index contributed by atoms with van der Waals surface area (Å²) in [5.74, 6) is -2.47. The fourth-order valence-electron chi connectivity index (χ4n) is 3.70. The van der Waals surface area contributed by atoms with E-state index in [1.165, 1.54) is 68.3 Å². The van der Waals surface area contributed by atoms with Gasteiger partial charge in [-0.3, -0.25) is 4.57 Å². The van der Waals surface area contributed by atoms with Crippen LogP contribution in [0, 0.1) is 0 Å². The Balaban J connectivity index is 0.00000512. The van der Waals surface area contributed by atoms with Crippen molar-refractivity contribution in [1.29, 1.82) is 0 Å². The summed E-state index contributed by atoms with van der Waals surface area (Å²) >= 11 is 5.75. The van der Waals surface area contributed by atoms with Gasteiger partial charge in [-0.2, -0.15) is 0 Å². The Morgan fingerprint density at radius 3 is 1.88 bits per heavy atom. The number of hydrogen-bond acceptors (Lipinski definition) is 3. The van der Waals surface area contributed by atoms with E-state index in [0.29, 0.717) is 5.75 Å². The molecule has 0 radical (unpaired) electrons. The van der Waals surface area contributed by atoms with Crippen molar-refractivity contribution < 1.29 is 9.09 Å². The predicted molar refractivity (Wildman–Crippen MR) is 149 cm³/mol. The van der Waals surface area contributed by atoms with E-state index >= 15 is 0 Å². The van der Waals surface area contributed by atoms with Crippen LogP contribution >= 0.6 is 29.4 Å². The van der Waals surface area contributed by atoms with E-state index in [-0.39, 0.29) is 48.9 Å². The number of thiol groups is 1. The second kappa shape index (κ2) is 18.1. The van der Waals surface area contributed by atoms with Gasteiger partial charge in [0.1, 0.15) is 5.75 Å². The van der Waals surface area contributed by atoms with E-state index < -0.39 is 5.77 Å². The molecule has 0 aliphatic carbocycles. The Morgan fingerprint density at radius 1 is 0.750 bits per heavy atom. The van der Waals surface area contributed by atoms with Crippen LogP contribution in [0.1, 0.15) is 89.2 Å². The zero-order valence-electron chi connectivity index (χ0n) is 19.2. The maximum absolute atomic E-state index is 13.3. The fourth-order valence-corrected chi connectivity index (χ4v) is 7.53. The van der Waals surface area contributed by atoms with Gasteiger partial charge in [-0.1, -0.05) is 114 Å². The number of aryl methyl sites for hydroxylation is 2. The van der Waals surface area contributed by atoms with Gasteiger partial charge in [-0.05, 0) is 60.3 Å². The average Bonchev–Trinajstić information content (AvgIpc) is 2.75. The molecule has 0 fully saturated rings. The number of hydrogen-bond donors (Lipinski definition) is 1. The quantitative estimate of drug-likeness (QED) is 0.0881. The van der Waals surface area contributed by atoms with Gasteiger partial charge in [-0.25, -0.2) is 0 Å². The van der Waals surface area contributed by atoms with E-state index in [0.717, 1.165) is 36.1 Å². The molecular formula is C26H41BaO2PS2. The average molecular weight is 618 g/mol. The standard InChI is InChI=1S/C26H39O2PS2.Ba.2H/c1-3-5-7-9-11-17-23-18-13-15-21-25(23)28-29(27,30)31-26-22-16-14-20-24(26)19-12-10-8-6-4-2;;;/h13-16,18,20-22H,3-12,17,19H2,1-2H3,(H,27,30);;;. The normalized spacial score (nSPS) is 12.7. The van der Waals surface area contributed by atoms with Crippen LogP contribution < -0.4 is 4.52 Å². The minimum absolute atomic E-state index is 0. The Labute approximate surface area is 245 Å². The van der Waals surface area contributed by atoms with Crippen molar-refractivity contribution >= 4 is 78.3 Å². The molecule has 2 aromatic carbocycles. The molecule has 0 aliphatic rings. The van der Waals surface area contributed by atoms with Crippen LogP contribution in [0.2, 0.25) is 0 Å². The molecule has 0 aromatic heterocycles. The summed E-state index contributed by atoms with van der Waals surface area (Å²) in [6.07, 6.45) is 14.4. The van der Waals surface area contributed by atoms with Gasteiger partial charge >= 0.3 is 54.7 Å². The Morgan fingerprint density at radius 2 is 1.25 bits per heavy atom. The second-order valence-corrected chi connectivity index (χ2v) is 14.3. The molecule has 176 valence electrons. The van der Waals surface area contributed by atoms with E-state index in [2.05, 4.69) is 44.3 Å².